The molecule has 5 aromatic carbocycles. The predicted molar refractivity (Wildman–Crippen MR) is 191 cm³/mol. The second-order valence-electron chi connectivity index (χ2n) is 13.5. The molecular weight excluding hydrogens is 555 g/mol. The highest BCUT2D eigenvalue weighted by atomic mass is 31.1. The Morgan fingerprint density at radius 2 is 0.864 bits per heavy atom. The first kappa shape index (κ1) is 33.0. The summed E-state index contributed by atoms with van der Waals surface area (Å²) in [5.41, 5.74) is 3.63. The van der Waals surface area contributed by atoms with Crippen LogP contribution >= 0.6 is 7.92 Å². The van der Waals surface area contributed by atoms with Gasteiger partial charge in [0.25, 0.3) is 0 Å². The minimum absolute atomic E-state index is 0.131. The minimum atomic E-state index is -0.679. The summed E-state index contributed by atoms with van der Waals surface area (Å²) in [6, 6.07) is 44.2. The lowest BCUT2D eigenvalue weighted by Crippen LogP contribution is -2.21. The number of rotatable bonds is 7. The molecule has 5 rings (SSSR count). The van der Waals surface area contributed by atoms with Crippen LogP contribution in [0.2, 0.25) is 0 Å². The van der Waals surface area contributed by atoms with Crippen molar-refractivity contribution >= 4 is 23.8 Å². The number of phenolic OH excluding ortho intramolecular Hbond substituents is 1. The molecule has 1 N–H and O–H groups in total. The first-order valence-electron chi connectivity index (χ1n) is 15.5. The maximum absolute atomic E-state index is 9.65. The summed E-state index contributed by atoms with van der Waals surface area (Å²) in [7, 11) is -0.679. The number of hydrogen-bond donors (Lipinski definition) is 1. The van der Waals surface area contributed by atoms with Crippen LogP contribution in [0.5, 0.6) is 17.2 Å². The zero-order valence-electron chi connectivity index (χ0n) is 27.5. The maximum Gasteiger partial charge on any atom is 0.127 e. The van der Waals surface area contributed by atoms with Gasteiger partial charge in [0.1, 0.15) is 17.2 Å². The van der Waals surface area contributed by atoms with Crippen molar-refractivity contribution in [2.24, 2.45) is 5.92 Å². The van der Waals surface area contributed by atoms with Crippen molar-refractivity contribution in [3.63, 3.8) is 0 Å². The third-order valence-corrected chi connectivity index (χ3v) is 9.95. The van der Waals surface area contributed by atoms with Gasteiger partial charge < -0.3 is 9.84 Å². The van der Waals surface area contributed by atoms with Crippen LogP contribution in [0.25, 0.3) is 0 Å². The van der Waals surface area contributed by atoms with Crippen molar-refractivity contribution in [3.05, 3.63) is 144 Å². The molecule has 0 saturated heterocycles. The van der Waals surface area contributed by atoms with Gasteiger partial charge in [0.05, 0.1) is 0 Å². The molecule has 3 heteroatoms. The van der Waals surface area contributed by atoms with Gasteiger partial charge in [0, 0.05) is 5.41 Å². The predicted octanol–water partition coefficient (Wildman–Crippen LogP) is 10.2. The van der Waals surface area contributed by atoms with Crippen molar-refractivity contribution in [3.8, 4) is 17.2 Å². The van der Waals surface area contributed by atoms with E-state index in [0.717, 1.165) is 23.0 Å². The first-order chi connectivity index (χ1) is 20.8. The van der Waals surface area contributed by atoms with Crippen LogP contribution in [-0.4, -0.2) is 5.11 Å². The molecule has 2 nitrogen and oxygen atoms in total. The van der Waals surface area contributed by atoms with Crippen LogP contribution in [0.15, 0.2) is 127 Å². The molecule has 1 atom stereocenters. The lowest BCUT2D eigenvalue weighted by atomic mass is 9.78. The number of ether oxygens (including phenoxy) is 1. The smallest absolute Gasteiger partial charge is 0.127 e. The van der Waals surface area contributed by atoms with Gasteiger partial charge in [-0.15, -0.1) is 0 Å². The summed E-state index contributed by atoms with van der Waals surface area (Å²) in [6.45, 7) is 17.6. The van der Waals surface area contributed by atoms with E-state index in [1.807, 2.05) is 24.3 Å². The summed E-state index contributed by atoms with van der Waals surface area (Å²) in [5, 5.41) is 13.6. The van der Waals surface area contributed by atoms with Crippen molar-refractivity contribution in [2.75, 3.05) is 0 Å². The van der Waals surface area contributed by atoms with E-state index in [4.69, 9.17) is 4.74 Å². The average molecular weight is 603 g/mol. The molecule has 5 aromatic rings. The molecule has 0 aliphatic carbocycles. The number of phenols is 1. The Labute approximate surface area is 266 Å². The molecule has 0 fully saturated rings. The molecule has 44 heavy (non-hydrogen) atoms. The Balaban J connectivity index is 0.00000104. The van der Waals surface area contributed by atoms with Crippen LogP contribution in [0.1, 0.15) is 72.1 Å². The lowest BCUT2D eigenvalue weighted by Gasteiger charge is -2.26. The minimum Gasteiger partial charge on any atom is -0.508 e. The number of benzene rings is 5. The zero-order chi connectivity index (χ0) is 31.9. The number of aromatic hydroxyl groups is 1. The molecule has 0 aliphatic heterocycles. The second-order valence-corrected chi connectivity index (χ2v) is 15.7. The van der Waals surface area contributed by atoms with Gasteiger partial charge >= 0.3 is 0 Å². The van der Waals surface area contributed by atoms with Gasteiger partial charge in [0.15, 0.2) is 0 Å². The van der Waals surface area contributed by atoms with Gasteiger partial charge in [-0.25, -0.2) is 0 Å². The summed E-state index contributed by atoms with van der Waals surface area (Å²) < 4.78 is 6.24. The fourth-order valence-electron chi connectivity index (χ4n) is 4.92. The zero-order valence-corrected chi connectivity index (χ0v) is 28.4. The fourth-order valence-corrected chi connectivity index (χ4v) is 7.18. The van der Waals surface area contributed by atoms with E-state index < -0.39 is 7.92 Å². The highest BCUT2D eigenvalue weighted by molar-refractivity contribution is 7.79. The normalized spacial score (nSPS) is 12.3. The van der Waals surface area contributed by atoms with Crippen molar-refractivity contribution in [1.82, 2.24) is 0 Å². The largest absolute Gasteiger partial charge is 0.508 e. The van der Waals surface area contributed by atoms with Gasteiger partial charge in [-0.2, -0.15) is 0 Å². The third-order valence-electron chi connectivity index (χ3n) is 7.50. The molecule has 0 aliphatic rings. The third kappa shape index (κ3) is 8.61. The molecular formula is C41H47O2P. The lowest BCUT2D eigenvalue weighted by molar-refractivity contribution is 0.474. The summed E-state index contributed by atoms with van der Waals surface area (Å²) >= 11 is 0. The molecule has 0 radical (unpaired) electrons. The maximum atomic E-state index is 9.65. The monoisotopic (exact) mass is 602 g/mol. The Morgan fingerprint density at radius 3 is 1.32 bits per heavy atom. The summed E-state index contributed by atoms with van der Waals surface area (Å²) in [4.78, 5) is 0. The van der Waals surface area contributed by atoms with Crippen molar-refractivity contribution in [2.45, 2.75) is 66.2 Å². The number of hydrogen-bond acceptors (Lipinski definition) is 2. The van der Waals surface area contributed by atoms with Gasteiger partial charge in [-0.3, -0.25) is 0 Å². The van der Waals surface area contributed by atoms with Crippen LogP contribution in [0.3, 0.4) is 0 Å². The molecule has 0 spiro atoms. The van der Waals surface area contributed by atoms with Crippen LogP contribution in [0.4, 0.5) is 0 Å². The highest BCUT2D eigenvalue weighted by Gasteiger charge is 2.23. The highest BCUT2D eigenvalue weighted by Crippen LogP contribution is 2.36. The van der Waals surface area contributed by atoms with E-state index in [0.29, 0.717) is 0 Å². The van der Waals surface area contributed by atoms with Crippen molar-refractivity contribution < 1.29 is 9.84 Å². The van der Waals surface area contributed by atoms with Crippen LogP contribution in [0, 0.1) is 5.92 Å². The fraction of sp³-hybridized carbons (Fsp3) is 0.268. The summed E-state index contributed by atoms with van der Waals surface area (Å²) in [5.74, 6) is 2.74. The molecule has 0 amide bonds. The Morgan fingerprint density at radius 1 is 0.500 bits per heavy atom. The quantitative estimate of drug-likeness (QED) is 0.188. The second kappa shape index (κ2) is 14.3. The van der Waals surface area contributed by atoms with E-state index in [9.17, 15) is 5.11 Å². The topological polar surface area (TPSA) is 29.5 Å². The molecule has 0 saturated carbocycles. The average Bonchev–Trinajstić information content (AvgIpc) is 2.99. The van der Waals surface area contributed by atoms with Crippen LogP contribution < -0.4 is 20.7 Å². The van der Waals surface area contributed by atoms with E-state index in [-0.39, 0.29) is 16.6 Å². The van der Waals surface area contributed by atoms with E-state index in [1.165, 1.54) is 27.0 Å². The van der Waals surface area contributed by atoms with E-state index in [2.05, 4.69) is 146 Å². The first-order valence-corrected chi connectivity index (χ1v) is 16.8. The molecule has 1 unspecified atom stereocenters. The SMILES string of the molecule is CC(C)(C)c1ccc(P(c2ccccc2)c2ccc(Oc3ccc(C(C)(C)c4ccc(O)cc4)cc3)cc2)cc1.CC(C)C. The standard InChI is InChI=1S/C37H37O2P.C4H10/c1-36(2,3)27-15-23-34(24-16-27)40(33-9-7-6-8-10-33)35-25-21-32(22-26-35)39-31-19-13-29(14-20-31)37(4,5)28-11-17-30(38)18-12-28;1-4(2)3/h6-26,38H,1-5H3;4H,1-3H3. The van der Waals surface area contributed by atoms with E-state index >= 15 is 0 Å². The molecule has 0 bridgehead atoms. The molecule has 228 valence electrons. The van der Waals surface area contributed by atoms with Crippen LogP contribution in [-0.2, 0) is 10.8 Å². The van der Waals surface area contributed by atoms with Crippen molar-refractivity contribution in [1.29, 1.82) is 0 Å². The Bertz CT molecular complexity index is 1580. The Hall–Kier alpha value is -3.87. The molecule has 0 heterocycles. The molecule has 0 aromatic heterocycles. The van der Waals surface area contributed by atoms with Gasteiger partial charge in [-0.1, -0.05) is 146 Å². The van der Waals surface area contributed by atoms with E-state index in [1.54, 1.807) is 12.1 Å². The summed E-state index contributed by atoms with van der Waals surface area (Å²) in [6.07, 6.45) is 0. The Kier molecular flexibility index (Phi) is 10.7. The van der Waals surface area contributed by atoms with Gasteiger partial charge in [-0.05, 0) is 88.3 Å². The van der Waals surface area contributed by atoms with Gasteiger partial charge in [0.2, 0.25) is 0 Å².